The van der Waals surface area contributed by atoms with Gasteiger partial charge in [-0.3, -0.25) is 0 Å². The Morgan fingerprint density at radius 3 is 2.27 bits per heavy atom. The third kappa shape index (κ3) is 4.59. The van der Waals surface area contributed by atoms with Crippen molar-refractivity contribution in [1.82, 2.24) is 5.32 Å². The third-order valence-electron chi connectivity index (χ3n) is 2.99. The molecule has 3 N–H and O–H groups in total. The van der Waals surface area contributed by atoms with Gasteiger partial charge in [0.05, 0.1) is 0 Å². The van der Waals surface area contributed by atoms with Gasteiger partial charge < -0.3 is 15.7 Å². The molecule has 0 aliphatic rings. The molecule has 0 saturated carbocycles. The fraction of sp³-hybridized carbons (Fsp3) is 0.125. The molecule has 2 amide bonds. The van der Waals surface area contributed by atoms with Crippen LogP contribution >= 0.6 is 0 Å². The van der Waals surface area contributed by atoms with Crippen molar-refractivity contribution in [2.45, 2.75) is 12.5 Å². The van der Waals surface area contributed by atoms with Crippen LogP contribution in [0.25, 0.3) is 0 Å². The number of anilines is 1. The summed E-state index contributed by atoms with van der Waals surface area (Å²) < 4.78 is 12.8. The summed E-state index contributed by atoms with van der Waals surface area (Å²) in [5.74, 6) is -1.54. The largest absolute Gasteiger partial charge is 0.480 e. The van der Waals surface area contributed by atoms with Crippen LogP contribution in [0.5, 0.6) is 0 Å². The molecule has 114 valence electrons. The molecular weight excluding hydrogens is 287 g/mol. The highest BCUT2D eigenvalue weighted by Gasteiger charge is 2.20. The third-order valence-corrected chi connectivity index (χ3v) is 2.99. The Morgan fingerprint density at radius 2 is 1.68 bits per heavy atom. The second-order valence-corrected chi connectivity index (χ2v) is 4.69. The van der Waals surface area contributed by atoms with Gasteiger partial charge in [-0.1, -0.05) is 30.3 Å². The van der Waals surface area contributed by atoms with E-state index in [0.29, 0.717) is 5.69 Å². The fourth-order valence-corrected chi connectivity index (χ4v) is 1.91. The van der Waals surface area contributed by atoms with E-state index in [1.54, 1.807) is 24.3 Å². The molecule has 0 aliphatic heterocycles. The first-order valence-electron chi connectivity index (χ1n) is 6.64. The summed E-state index contributed by atoms with van der Waals surface area (Å²) in [6.45, 7) is 0. The minimum Gasteiger partial charge on any atom is -0.480 e. The van der Waals surface area contributed by atoms with Gasteiger partial charge in [-0.15, -0.1) is 0 Å². The van der Waals surface area contributed by atoms with Gasteiger partial charge in [-0.05, 0) is 29.8 Å². The summed E-state index contributed by atoms with van der Waals surface area (Å²) in [6, 6.07) is 12.5. The van der Waals surface area contributed by atoms with Gasteiger partial charge in [-0.2, -0.15) is 0 Å². The Hall–Kier alpha value is -2.89. The van der Waals surface area contributed by atoms with Gasteiger partial charge in [0.1, 0.15) is 11.9 Å². The monoisotopic (exact) mass is 302 g/mol. The number of amides is 2. The van der Waals surface area contributed by atoms with Crippen LogP contribution in [0, 0.1) is 5.82 Å². The van der Waals surface area contributed by atoms with E-state index in [1.807, 2.05) is 6.07 Å². The van der Waals surface area contributed by atoms with Crippen molar-refractivity contribution in [3.8, 4) is 0 Å². The van der Waals surface area contributed by atoms with Crippen LogP contribution in [-0.2, 0) is 11.2 Å². The van der Waals surface area contributed by atoms with Crippen molar-refractivity contribution in [2.75, 3.05) is 5.32 Å². The van der Waals surface area contributed by atoms with Crippen molar-refractivity contribution >= 4 is 17.7 Å². The van der Waals surface area contributed by atoms with Crippen LogP contribution in [-0.4, -0.2) is 23.1 Å². The highest BCUT2D eigenvalue weighted by Crippen LogP contribution is 2.08. The van der Waals surface area contributed by atoms with E-state index in [0.717, 1.165) is 5.56 Å². The lowest BCUT2D eigenvalue weighted by molar-refractivity contribution is -0.139. The molecule has 1 atom stereocenters. The summed E-state index contributed by atoms with van der Waals surface area (Å²) in [6.07, 6.45) is 0.174. The molecule has 22 heavy (non-hydrogen) atoms. The molecular formula is C16H15FN2O3. The maximum absolute atomic E-state index is 12.8. The number of hydrogen-bond acceptors (Lipinski definition) is 2. The quantitative estimate of drug-likeness (QED) is 0.794. The van der Waals surface area contributed by atoms with Gasteiger partial charge >= 0.3 is 12.0 Å². The molecule has 0 saturated heterocycles. The standard InChI is InChI=1S/C16H15FN2O3/c17-12-6-8-13(9-7-12)18-16(22)19-14(15(20)21)10-11-4-2-1-3-5-11/h1-9,14H,10H2,(H,20,21)(H2,18,19,22)/t14-/m1/s1. The zero-order valence-electron chi connectivity index (χ0n) is 11.6. The van der Waals surface area contributed by atoms with Crippen LogP contribution in [0.3, 0.4) is 0 Å². The summed E-state index contributed by atoms with van der Waals surface area (Å²) in [5, 5.41) is 14.0. The van der Waals surface area contributed by atoms with Crippen molar-refractivity contribution in [3.63, 3.8) is 0 Å². The smallest absolute Gasteiger partial charge is 0.326 e. The molecule has 2 rings (SSSR count). The zero-order valence-corrected chi connectivity index (χ0v) is 11.6. The van der Waals surface area contributed by atoms with Crippen LogP contribution in [0.2, 0.25) is 0 Å². The lowest BCUT2D eigenvalue weighted by Gasteiger charge is -2.15. The number of halogens is 1. The van der Waals surface area contributed by atoms with E-state index in [2.05, 4.69) is 10.6 Å². The molecule has 0 heterocycles. The fourth-order valence-electron chi connectivity index (χ4n) is 1.91. The first kappa shape index (κ1) is 15.5. The zero-order chi connectivity index (χ0) is 15.9. The summed E-state index contributed by atoms with van der Waals surface area (Å²) in [5.41, 5.74) is 1.18. The molecule has 0 unspecified atom stereocenters. The lowest BCUT2D eigenvalue weighted by atomic mass is 10.1. The molecule has 5 nitrogen and oxygen atoms in total. The van der Waals surface area contributed by atoms with E-state index in [1.165, 1.54) is 24.3 Å². The molecule has 0 spiro atoms. The molecule has 0 aromatic heterocycles. The normalized spacial score (nSPS) is 11.5. The molecule has 2 aromatic carbocycles. The number of hydrogen-bond donors (Lipinski definition) is 3. The number of carbonyl (C=O) groups excluding carboxylic acids is 1. The number of aliphatic carboxylic acids is 1. The Labute approximate surface area is 126 Å². The van der Waals surface area contributed by atoms with Gasteiger partial charge in [0.25, 0.3) is 0 Å². The molecule has 2 aromatic rings. The van der Waals surface area contributed by atoms with Crippen molar-refractivity contribution < 1.29 is 19.1 Å². The van der Waals surface area contributed by atoms with Crippen molar-refractivity contribution in [1.29, 1.82) is 0 Å². The maximum Gasteiger partial charge on any atom is 0.326 e. The first-order chi connectivity index (χ1) is 10.5. The minimum atomic E-state index is -1.13. The SMILES string of the molecule is O=C(Nc1ccc(F)cc1)N[C@H](Cc1ccccc1)C(=O)O. The first-order valence-corrected chi connectivity index (χ1v) is 6.64. The lowest BCUT2D eigenvalue weighted by Crippen LogP contribution is -2.44. The number of nitrogens with one attached hydrogen (secondary N) is 2. The van der Waals surface area contributed by atoms with Crippen molar-refractivity contribution in [3.05, 3.63) is 66.0 Å². The second kappa shape index (κ2) is 7.21. The predicted octanol–water partition coefficient (Wildman–Crippen LogP) is 2.64. The Morgan fingerprint density at radius 1 is 1.05 bits per heavy atom. The molecule has 0 aliphatic carbocycles. The van der Waals surface area contributed by atoms with E-state index in [-0.39, 0.29) is 6.42 Å². The number of carboxylic acid groups (broad SMARTS) is 1. The second-order valence-electron chi connectivity index (χ2n) is 4.69. The topological polar surface area (TPSA) is 78.4 Å². The Kier molecular flexibility index (Phi) is 5.08. The van der Waals surface area contributed by atoms with E-state index >= 15 is 0 Å². The highest BCUT2D eigenvalue weighted by atomic mass is 19.1. The Bertz CT molecular complexity index is 644. The van der Waals surface area contributed by atoms with Crippen LogP contribution in [0.15, 0.2) is 54.6 Å². The maximum atomic E-state index is 12.8. The van der Waals surface area contributed by atoms with Gasteiger partial charge in [-0.25, -0.2) is 14.0 Å². The average molecular weight is 302 g/mol. The van der Waals surface area contributed by atoms with Crippen LogP contribution in [0.4, 0.5) is 14.9 Å². The number of rotatable bonds is 5. The molecule has 0 radical (unpaired) electrons. The van der Waals surface area contributed by atoms with Crippen molar-refractivity contribution in [2.24, 2.45) is 0 Å². The summed E-state index contributed by atoms with van der Waals surface area (Å²) in [4.78, 5) is 23.1. The van der Waals surface area contributed by atoms with Crippen LogP contribution < -0.4 is 10.6 Å². The minimum absolute atomic E-state index is 0.174. The van der Waals surface area contributed by atoms with Crippen LogP contribution in [0.1, 0.15) is 5.56 Å². The van der Waals surface area contributed by atoms with E-state index in [4.69, 9.17) is 0 Å². The predicted molar refractivity (Wildman–Crippen MR) is 80.1 cm³/mol. The summed E-state index contributed by atoms with van der Waals surface area (Å²) in [7, 11) is 0. The van der Waals surface area contributed by atoms with E-state index in [9.17, 15) is 19.1 Å². The summed E-state index contributed by atoms with van der Waals surface area (Å²) >= 11 is 0. The number of benzene rings is 2. The van der Waals surface area contributed by atoms with Gasteiger partial charge in [0, 0.05) is 12.1 Å². The number of carbonyl (C=O) groups is 2. The number of urea groups is 1. The van der Waals surface area contributed by atoms with Gasteiger partial charge in [0.2, 0.25) is 0 Å². The van der Waals surface area contributed by atoms with E-state index < -0.39 is 23.9 Å². The molecule has 6 heteroatoms. The molecule has 0 fully saturated rings. The highest BCUT2D eigenvalue weighted by molar-refractivity contribution is 5.92. The average Bonchev–Trinajstić information content (AvgIpc) is 2.50. The Balaban J connectivity index is 1.97. The molecule has 0 bridgehead atoms. The van der Waals surface area contributed by atoms with Gasteiger partial charge in [0.15, 0.2) is 0 Å². The number of carboxylic acids is 1.